The van der Waals surface area contributed by atoms with E-state index in [1.165, 1.54) is 18.2 Å². The number of anilines is 2. The number of benzene rings is 3. The number of nitrogens with one attached hydrogen (secondary N) is 1. The van der Waals surface area contributed by atoms with Crippen molar-refractivity contribution in [3.8, 4) is 5.75 Å². The van der Waals surface area contributed by atoms with Crippen molar-refractivity contribution < 1.29 is 22.9 Å². The number of amides is 1. The summed E-state index contributed by atoms with van der Waals surface area (Å²) in [6.45, 7) is 0. The first-order valence-electron chi connectivity index (χ1n) is 7.15. The van der Waals surface area contributed by atoms with Gasteiger partial charge in [0.05, 0.1) is 4.90 Å². The molecule has 0 aliphatic heterocycles. The zero-order valence-electron chi connectivity index (χ0n) is 12.8. The van der Waals surface area contributed by atoms with Crippen LogP contribution in [0, 0.1) is 0 Å². The number of carbonyl (C=O) groups excluding carboxylic acids is 1. The fourth-order valence-electron chi connectivity index (χ4n) is 2.39. The Hall–Kier alpha value is -3.10. The van der Waals surface area contributed by atoms with Gasteiger partial charge in [0.15, 0.2) is 0 Å². The number of nitrogens with two attached hydrogens (primary N) is 1. The van der Waals surface area contributed by atoms with Gasteiger partial charge in [-0.1, -0.05) is 6.07 Å². The minimum absolute atomic E-state index is 0.226. The van der Waals surface area contributed by atoms with Gasteiger partial charge in [0, 0.05) is 28.4 Å². The Balaban J connectivity index is 1.95. The first-order valence-corrected chi connectivity index (χ1v) is 8.59. The third kappa shape index (κ3) is 3.54. The number of carbonyl (C=O) groups is 1. The van der Waals surface area contributed by atoms with Crippen molar-refractivity contribution in [2.45, 2.75) is 4.90 Å². The number of rotatable bonds is 3. The number of phenols is 1. The van der Waals surface area contributed by atoms with Crippen LogP contribution in [0.2, 0.25) is 0 Å². The van der Waals surface area contributed by atoms with Crippen molar-refractivity contribution >= 4 is 38.2 Å². The van der Waals surface area contributed by atoms with Gasteiger partial charge in [0.1, 0.15) is 5.75 Å². The van der Waals surface area contributed by atoms with Crippen LogP contribution in [0.5, 0.6) is 5.75 Å². The standard InChI is InChI=1S/C17H14N2O5S/c18-12-4-1-10(2-5-12)17(21)19-13-7-11-3-6-14(25(22,23)24)9-15(11)16(20)8-13/h1-9,20H,18H2,(H,19,21)(H,22,23,24). The molecule has 0 radical (unpaired) electrons. The van der Waals surface area contributed by atoms with E-state index in [1.807, 2.05) is 0 Å². The van der Waals surface area contributed by atoms with E-state index in [0.717, 1.165) is 6.07 Å². The molecule has 0 aliphatic rings. The summed E-state index contributed by atoms with van der Waals surface area (Å²) in [5, 5.41) is 13.5. The molecule has 1 amide bonds. The molecule has 0 fully saturated rings. The zero-order chi connectivity index (χ0) is 18.2. The fourth-order valence-corrected chi connectivity index (χ4v) is 2.89. The molecule has 128 valence electrons. The van der Waals surface area contributed by atoms with E-state index in [1.54, 1.807) is 30.3 Å². The van der Waals surface area contributed by atoms with Gasteiger partial charge >= 0.3 is 0 Å². The van der Waals surface area contributed by atoms with Crippen molar-refractivity contribution in [1.82, 2.24) is 0 Å². The van der Waals surface area contributed by atoms with Gasteiger partial charge in [0.2, 0.25) is 0 Å². The zero-order valence-corrected chi connectivity index (χ0v) is 13.6. The highest BCUT2D eigenvalue weighted by atomic mass is 32.2. The molecule has 3 aromatic carbocycles. The van der Waals surface area contributed by atoms with E-state index in [2.05, 4.69) is 5.32 Å². The number of fused-ring (bicyclic) bond motifs is 1. The minimum Gasteiger partial charge on any atom is -0.507 e. The number of aromatic hydroxyl groups is 1. The van der Waals surface area contributed by atoms with Crippen LogP contribution in [-0.2, 0) is 10.1 Å². The molecule has 0 aromatic heterocycles. The molecule has 0 saturated heterocycles. The highest BCUT2D eigenvalue weighted by Crippen LogP contribution is 2.31. The highest BCUT2D eigenvalue weighted by Gasteiger charge is 2.13. The van der Waals surface area contributed by atoms with E-state index >= 15 is 0 Å². The van der Waals surface area contributed by atoms with Crippen molar-refractivity contribution in [2.24, 2.45) is 0 Å². The predicted octanol–water partition coefficient (Wildman–Crippen LogP) is 2.63. The Morgan fingerprint density at radius 1 is 1.00 bits per heavy atom. The Morgan fingerprint density at radius 2 is 1.68 bits per heavy atom. The lowest BCUT2D eigenvalue weighted by Gasteiger charge is -2.09. The molecule has 0 aliphatic carbocycles. The maximum atomic E-state index is 12.2. The second-order valence-electron chi connectivity index (χ2n) is 5.43. The lowest BCUT2D eigenvalue weighted by atomic mass is 10.1. The van der Waals surface area contributed by atoms with Crippen LogP contribution in [0.1, 0.15) is 10.4 Å². The van der Waals surface area contributed by atoms with E-state index in [4.69, 9.17) is 10.3 Å². The smallest absolute Gasteiger partial charge is 0.294 e. The molecule has 3 rings (SSSR count). The Bertz CT molecular complexity index is 1080. The lowest BCUT2D eigenvalue weighted by Crippen LogP contribution is -2.11. The van der Waals surface area contributed by atoms with Crippen molar-refractivity contribution in [3.63, 3.8) is 0 Å². The SMILES string of the molecule is Nc1ccc(C(=O)Nc2cc(O)c3cc(S(=O)(=O)O)ccc3c2)cc1. The third-order valence-electron chi connectivity index (χ3n) is 3.63. The number of hydrogen-bond donors (Lipinski definition) is 4. The second kappa shape index (κ2) is 6.08. The van der Waals surface area contributed by atoms with E-state index < -0.39 is 10.1 Å². The van der Waals surface area contributed by atoms with Gasteiger partial charge < -0.3 is 16.2 Å². The summed E-state index contributed by atoms with van der Waals surface area (Å²) in [5.41, 5.74) is 6.85. The molecule has 25 heavy (non-hydrogen) atoms. The summed E-state index contributed by atoms with van der Waals surface area (Å²) in [5.74, 6) is -0.607. The molecule has 5 N–H and O–H groups in total. The van der Waals surface area contributed by atoms with Gasteiger partial charge in [-0.15, -0.1) is 0 Å². The summed E-state index contributed by atoms with van der Waals surface area (Å²) < 4.78 is 31.5. The molecule has 0 unspecified atom stereocenters. The largest absolute Gasteiger partial charge is 0.507 e. The topological polar surface area (TPSA) is 130 Å². The third-order valence-corrected chi connectivity index (χ3v) is 4.48. The van der Waals surface area contributed by atoms with Crippen LogP contribution < -0.4 is 11.1 Å². The van der Waals surface area contributed by atoms with Crippen LogP contribution >= 0.6 is 0 Å². The Kier molecular flexibility index (Phi) is 4.07. The van der Waals surface area contributed by atoms with Crippen LogP contribution in [0.15, 0.2) is 59.5 Å². The molecule has 0 saturated carbocycles. The molecular formula is C17H14N2O5S. The van der Waals surface area contributed by atoms with Crippen molar-refractivity contribution in [1.29, 1.82) is 0 Å². The molecule has 0 spiro atoms. The molecule has 0 bridgehead atoms. The van der Waals surface area contributed by atoms with E-state index in [0.29, 0.717) is 22.3 Å². The molecule has 3 aromatic rings. The van der Waals surface area contributed by atoms with Crippen molar-refractivity contribution in [2.75, 3.05) is 11.1 Å². The number of nitrogen functional groups attached to an aromatic ring is 1. The molecule has 0 atom stereocenters. The average molecular weight is 358 g/mol. The minimum atomic E-state index is -4.37. The van der Waals surface area contributed by atoms with Crippen LogP contribution in [0.25, 0.3) is 10.8 Å². The highest BCUT2D eigenvalue weighted by molar-refractivity contribution is 7.85. The van der Waals surface area contributed by atoms with Crippen molar-refractivity contribution in [3.05, 3.63) is 60.2 Å². The van der Waals surface area contributed by atoms with E-state index in [-0.39, 0.29) is 21.9 Å². The summed E-state index contributed by atoms with van der Waals surface area (Å²) >= 11 is 0. The van der Waals surface area contributed by atoms with Gasteiger partial charge in [0.25, 0.3) is 16.0 Å². The lowest BCUT2D eigenvalue weighted by molar-refractivity contribution is 0.102. The first kappa shape index (κ1) is 16.7. The maximum Gasteiger partial charge on any atom is 0.294 e. The monoisotopic (exact) mass is 358 g/mol. The van der Waals surface area contributed by atoms with Crippen LogP contribution in [0.4, 0.5) is 11.4 Å². The first-order chi connectivity index (χ1) is 11.7. The number of hydrogen-bond acceptors (Lipinski definition) is 5. The molecule has 0 heterocycles. The van der Waals surface area contributed by atoms with Gasteiger partial charge in [-0.05, 0) is 47.9 Å². The maximum absolute atomic E-state index is 12.2. The molecule has 7 nitrogen and oxygen atoms in total. The Morgan fingerprint density at radius 3 is 2.32 bits per heavy atom. The Labute approximate surface area is 143 Å². The van der Waals surface area contributed by atoms with Crippen LogP contribution in [-0.4, -0.2) is 24.0 Å². The molecular weight excluding hydrogens is 344 g/mol. The van der Waals surface area contributed by atoms with Gasteiger partial charge in [-0.3, -0.25) is 9.35 Å². The summed E-state index contributed by atoms with van der Waals surface area (Å²) in [6.07, 6.45) is 0. The predicted molar refractivity (Wildman–Crippen MR) is 94.2 cm³/mol. The normalized spacial score (nSPS) is 11.4. The summed E-state index contributed by atoms with van der Waals surface area (Å²) in [4.78, 5) is 11.9. The van der Waals surface area contributed by atoms with Gasteiger partial charge in [-0.2, -0.15) is 8.42 Å². The average Bonchev–Trinajstić information content (AvgIpc) is 2.54. The summed E-state index contributed by atoms with van der Waals surface area (Å²) in [7, 11) is -4.37. The quantitative estimate of drug-likeness (QED) is 0.421. The molecule has 8 heteroatoms. The van der Waals surface area contributed by atoms with E-state index in [9.17, 15) is 18.3 Å². The number of phenolic OH excluding ortho intramolecular Hbond substituents is 1. The van der Waals surface area contributed by atoms with Crippen LogP contribution in [0.3, 0.4) is 0 Å². The summed E-state index contributed by atoms with van der Waals surface area (Å²) in [6, 6.07) is 13.0. The van der Waals surface area contributed by atoms with Gasteiger partial charge in [-0.25, -0.2) is 0 Å². The fraction of sp³-hybridized carbons (Fsp3) is 0. The second-order valence-corrected chi connectivity index (χ2v) is 6.85.